The molecule has 1 aromatic carbocycles. The van der Waals surface area contributed by atoms with Crippen LogP contribution in [0.25, 0.3) is 0 Å². The van der Waals surface area contributed by atoms with E-state index in [4.69, 9.17) is 4.74 Å². The number of aliphatic hydroxyl groups is 1. The van der Waals surface area contributed by atoms with Crippen LogP contribution in [0.5, 0.6) is 0 Å². The molecular formula is C15H21NO2. The predicted octanol–water partition coefficient (Wildman–Crippen LogP) is 1.66. The van der Waals surface area contributed by atoms with Gasteiger partial charge in [-0.15, -0.1) is 0 Å². The number of rotatable bonds is 4. The van der Waals surface area contributed by atoms with E-state index in [-0.39, 0.29) is 12.7 Å². The van der Waals surface area contributed by atoms with Crippen molar-refractivity contribution in [1.29, 1.82) is 0 Å². The largest absolute Gasteiger partial charge is 0.394 e. The van der Waals surface area contributed by atoms with Crippen molar-refractivity contribution in [3.8, 4) is 0 Å². The SMILES string of the molecule is OC[C@H]1CN(Cc2ccccc2)C[C@@H](C2CC2)O1. The van der Waals surface area contributed by atoms with Crippen LogP contribution < -0.4 is 0 Å². The molecule has 1 heterocycles. The third-order valence-corrected chi connectivity index (χ3v) is 3.87. The van der Waals surface area contributed by atoms with Crippen LogP contribution in [0.3, 0.4) is 0 Å². The first-order chi connectivity index (χ1) is 8.85. The lowest BCUT2D eigenvalue weighted by Gasteiger charge is -2.37. The molecule has 98 valence electrons. The van der Waals surface area contributed by atoms with Crippen LogP contribution in [-0.4, -0.2) is 41.9 Å². The first-order valence-electron chi connectivity index (χ1n) is 6.88. The summed E-state index contributed by atoms with van der Waals surface area (Å²) in [7, 11) is 0. The third kappa shape index (κ3) is 2.91. The van der Waals surface area contributed by atoms with Crippen molar-refractivity contribution in [3.05, 3.63) is 35.9 Å². The van der Waals surface area contributed by atoms with Crippen LogP contribution >= 0.6 is 0 Å². The highest BCUT2D eigenvalue weighted by atomic mass is 16.5. The fraction of sp³-hybridized carbons (Fsp3) is 0.600. The molecule has 1 aromatic rings. The molecule has 1 aliphatic carbocycles. The highest BCUT2D eigenvalue weighted by Crippen LogP contribution is 2.36. The normalized spacial score (nSPS) is 29.4. The van der Waals surface area contributed by atoms with E-state index in [2.05, 4.69) is 29.2 Å². The Bertz CT molecular complexity index is 377. The summed E-state index contributed by atoms with van der Waals surface area (Å²) in [5.74, 6) is 0.734. The van der Waals surface area contributed by atoms with E-state index in [1.165, 1.54) is 18.4 Å². The zero-order valence-electron chi connectivity index (χ0n) is 10.7. The molecule has 0 spiro atoms. The fourth-order valence-electron chi connectivity index (χ4n) is 2.75. The first-order valence-corrected chi connectivity index (χ1v) is 6.88. The second-order valence-electron chi connectivity index (χ2n) is 5.50. The van der Waals surface area contributed by atoms with Gasteiger partial charge >= 0.3 is 0 Å². The number of aliphatic hydroxyl groups excluding tert-OH is 1. The van der Waals surface area contributed by atoms with Crippen LogP contribution in [0, 0.1) is 5.92 Å². The second kappa shape index (κ2) is 5.39. The average Bonchev–Trinajstić information content (AvgIpc) is 3.24. The molecule has 18 heavy (non-hydrogen) atoms. The summed E-state index contributed by atoms with van der Waals surface area (Å²) in [5, 5.41) is 9.34. The molecule has 0 amide bonds. The molecule has 2 aliphatic rings. The average molecular weight is 247 g/mol. The lowest BCUT2D eigenvalue weighted by atomic mass is 10.1. The summed E-state index contributed by atoms with van der Waals surface area (Å²) in [6.45, 7) is 2.95. The molecule has 0 aromatic heterocycles. The van der Waals surface area contributed by atoms with Crippen LogP contribution in [-0.2, 0) is 11.3 Å². The maximum absolute atomic E-state index is 9.34. The van der Waals surface area contributed by atoms with Crippen molar-refractivity contribution < 1.29 is 9.84 Å². The van der Waals surface area contributed by atoms with Gasteiger partial charge in [0.05, 0.1) is 18.8 Å². The van der Waals surface area contributed by atoms with E-state index < -0.39 is 0 Å². The summed E-state index contributed by atoms with van der Waals surface area (Å²) in [4.78, 5) is 2.42. The fourth-order valence-corrected chi connectivity index (χ4v) is 2.75. The van der Waals surface area contributed by atoms with E-state index in [0.717, 1.165) is 25.6 Å². The Kier molecular flexibility index (Phi) is 3.64. The van der Waals surface area contributed by atoms with E-state index in [1.807, 2.05) is 6.07 Å². The number of benzene rings is 1. The van der Waals surface area contributed by atoms with E-state index >= 15 is 0 Å². The predicted molar refractivity (Wildman–Crippen MR) is 70.2 cm³/mol. The van der Waals surface area contributed by atoms with Gasteiger partial charge in [-0.2, -0.15) is 0 Å². The molecule has 2 fully saturated rings. The minimum absolute atomic E-state index is 0.00642. The van der Waals surface area contributed by atoms with Crippen molar-refractivity contribution in [3.63, 3.8) is 0 Å². The number of hydrogen-bond donors (Lipinski definition) is 1. The third-order valence-electron chi connectivity index (χ3n) is 3.87. The molecule has 1 saturated carbocycles. The minimum Gasteiger partial charge on any atom is -0.394 e. The Hall–Kier alpha value is -0.900. The standard InChI is InChI=1S/C15H21NO2/c17-11-14-9-16(8-12-4-2-1-3-5-12)10-15(18-14)13-6-7-13/h1-5,13-15,17H,6-11H2/t14-,15+/m1/s1. The Morgan fingerprint density at radius 2 is 1.94 bits per heavy atom. The van der Waals surface area contributed by atoms with Crippen LogP contribution in [0.4, 0.5) is 0 Å². The van der Waals surface area contributed by atoms with Crippen molar-refractivity contribution in [1.82, 2.24) is 4.90 Å². The van der Waals surface area contributed by atoms with E-state index in [1.54, 1.807) is 0 Å². The summed E-state index contributed by atoms with van der Waals surface area (Å²) in [6.07, 6.45) is 2.91. The van der Waals surface area contributed by atoms with Crippen molar-refractivity contribution in [2.75, 3.05) is 19.7 Å². The molecule has 2 atom stereocenters. The van der Waals surface area contributed by atoms with Crippen molar-refractivity contribution in [2.24, 2.45) is 5.92 Å². The Morgan fingerprint density at radius 1 is 1.17 bits per heavy atom. The maximum Gasteiger partial charge on any atom is 0.0936 e. The lowest BCUT2D eigenvalue weighted by molar-refractivity contribution is -0.112. The quantitative estimate of drug-likeness (QED) is 0.878. The van der Waals surface area contributed by atoms with E-state index in [9.17, 15) is 5.11 Å². The van der Waals surface area contributed by atoms with Crippen molar-refractivity contribution in [2.45, 2.75) is 31.6 Å². The van der Waals surface area contributed by atoms with Gasteiger partial charge in [0.1, 0.15) is 0 Å². The Balaban J connectivity index is 1.63. The maximum atomic E-state index is 9.34. The topological polar surface area (TPSA) is 32.7 Å². The van der Waals surface area contributed by atoms with Gasteiger partial charge < -0.3 is 9.84 Å². The van der Waals surface area contributed by atoms with E-state index in [0.29, 0.717) is 6.10 Å². The summed E-state index contributed by atoms with van der Waals surface area (Å²) < 4.78 is 5.94. The first kappa shape index (κ1) is 12.2. The van der Waals surface area contributed by atoms with Gasteiger partial charge in [0.15, 0.2) is 0 Å². The highest BCUT2D eigenvalue weighted by molar-refractivity contribution is 5.14. The highest BCUT2D eigenvalue weighted by Gasteiger charge is 2.38. The molecule has 3 rings (SSSR count). The minimum atomic E-state index is -0.00642. The number of hydrogen-bond acceptors (Lipinski definition) is 3. The summed E-state index contributed by atoms with van der Waals surface area (Å²) in [6, 6.07) is 10.5. The zero-order valence-corrected chi connectivity index (χ0v) is 10.7. The zero-order chi connectivity index (χ0) is 12.4. The molecule has 1 aliphatic heterocycles. The van der Waals surface area contributed by atoms with Gasteiger partial charge in [0, 0.05) is 19.6 Å². The molecule has 0 bridgehead atoms. The number of morpholine rings is 1. The smallest absolute Gasteiger partial charge is 0.0936 e. The van der Waals surface area contributed by atoms with Gasteiger partial charge in [-0.25, -0.2) is 0 Å². The van der Waals surface area contributed by atoms with Gasteiger partial charge in [0.25, 0.3) is 0 Å². The number of ether oxygens (including phenoxy) is 1. The second-order valence-corrected chi connectivity index (χ2v) is 5.50. The van der Waals surface area contributed by atoms with Crippen LogP contribution in [0.2, 0.25) is 0 Å². The van der Waals surface area contributed by atoms with Crippen molar-refractivity contribution >= 4 is 0 Å². The molecule has 1 saturated heterocycles. The lowest BCUT2D eigenvalue weighted by Crippen LogP contribution is -2.49. The molecule has 3 heteroatoms. The molecular weight excluding hydrogens is 226 g/mol. The van der Waals surface area contributed by atoms with Gasteiger partial charge in [0.2, 0.25) is 0 Å². The summed E-state index contributed by atoms with van der Waals surface area (Å²) in [5.41, 5.74) is 1.34. The van der Waals surface area contributed by atoms with Crippen LogP contribution in [0.15, 0.2) is 30.3 Å². The van der Waals surface area contributed by atoms with Gasteiger partial charge in [-0.1, -0.05) is 30.3 Å². The monoisotopic (exact) mass is 247 g/mol. The molecule has 0 radical (unpaired) electrons. The summed E-state index contributed by atoms with van der Waals surface area (Å²) >= 11 is 0. The molecule has 0 unspecified atom stereocenters. The molecule has 1 N–H and O–H groups in total. The Morgan fingerprint density at radius 3 is 2.61 bits per heavy atom. The van der Waals surface area contributed by atoms with Gasteiger partial charge in [-0.05, 0) is 24.3 Å². The Labute approximate surface area is 108 Å². The van der Waals surface area contributed by atoms with Crippen LogP contribution in [0.1, 0.15) is 18.4 Å². The number of nitrogens with zero attached hydrogens (tertiary/aromatic N) is 1. The molecule has 3 nitrogen and oxygen atoms in total. The van der Waals surface area contributed by atoms with Gasteiger partial charge in [-0.3, -0.25) is 4.90 Å².